The molecule has 0 aliphatic carbocycles. The molecule has 2 rings (SSSR count). The van der Waals surface area contributed by atoms with Gasteiger partial charge < -0.3 is 4.79 Å². The summed E-state index contributed by atoms with van der Waals surface area (Å²) in [7, 11) is -2.85. The molecule has 2 aliphatic rings. The fraction of sp³-hybridized carbons (Fsp3) is 0.889. The summed E-state index contributed by atoms with van der Waals surface area (Å²) in [4.78, 5) is 12.9. The van der Waals surface area contributed by atoms with Gasteiger partial charge in [0.05, 0.1) is 16.5 Å². The van der Waals surface area contributed by atoms with Crippen LogP contribution in [0.2, 0.25) is 0 Å². The molecule has 0 amide bonds. The normalized spacial score (nSPS) is 36.1. The van der Waals surface area contributed by atoms with Crippen molar-refractivity contribution in [1.29, 1.82) is 0 Å². The van der Waals surface area contributed by atoms with Gasteiger partial charge in [0.2, 0.25) is 0 Å². The maximum Gasteiger partial charge on any atom is 0.156 e. The molecule has 14 heavy (non-hydrogen) atoms. The first-order chi connectivity index (χ1) is 6.37. The summed E-state index contributed by atoms with van der Waals surface area (Å²) < 4.78 is 22.9. The highest BCUT2D eigenvalue weighted by atomic mass is 32.2. The number of fused-ring (bicyclic) bond motifs is 2. The van der Waals surface area contributed by atoms with Crippen LogP contribution in [0.15, 0.2) is 0 Å². The van der Waals surface area contributed by atoms with E-state index in [9.17, 15) is 13.2 Å². The van der Waals surface area contributed by atoms with E-state index in [0.717, 1.165) is 6.29 Å². The average molecular weight is 217 g/mol. The summed E-state index contributed by atoms with van der Waals surface area (Å²) in [6.07, 6.45) is 1.61. The molecular weight excluding hydrogens is 202 g/mol. The molecule has 2 unspecified atom stereocenters. The monoisotopic (exact) mass is 217 g/mol. The van der Waals surface area contributed by atoms with E-state index in [1.54, 1.807) is 0 Å². The molecule has 0 radical (unpaired) electrons. The third-order valence-corrected chi connectivity index (χ3v) is 5.54. The summed E-state index contributed by atoms with van der Waals surface area (Å²) in [6.45, 7) is 4.21. The topological polar surface area (TPSA) is 54.5 Å². The van der Waals surface area contributed by atoms with Gasteiger partial charge in [0.25, 0.3) is 0 Å². The summed E-state index contributed by atoms with van der Waals surface area (Å²) in [5.41, 5.74) is -0.518. The lowest BCUT2D eigenvalue weighted by Crippen LogP contribution is -2.52. The van der Waals surface area contributed by atoms with E-state index in [0.29, 0.717) is 13.0 Å². The minimum absolute atomic E-state index is 0.0604. The second kappa shape index (κ2) is 2.79. The van der Waals surface area contributed by atoms with Gasteiger partial charge >= 0.3 is 0 Å². The zero-order valence-corrected chi connectivity index (χ0v) is 9.25. The third kappa shape index (κ3) is 1.30. The molecule has 5 heteroatoms. The predicted molar refractivity (Wildman–Crippen MR) is 52.8 cm³/mol. The molecular formula is C9H15NO3S. The van der Waals surface area contributed by atoms with Crippen LogP contribution < -0.4 is 0 Å². The molecule has 4 nitrogen and oxygen atoms in total. The number of rotatable bonds is 2. The predicted octanol–water partition coefficient (Wildman–Crippen LogP) is -0.165. The van der Waals surface area contributed by atoms with Gasteiger partial charge in [-0.15, -0.1) is 0 Å². The maximum atomic E-state index is 11.5. The van der Waals surface area contributed by atoms with Crippen molar-refractivity contribution in [3.05, 3.63) is 0 Å². The summed E-state index contributed by atoms with van der Waals surface area (Å²) in [5.74, 6) is 0.231. The summed E-state index contributed by atoms with van der Waals surface area (Å²) >= 11 is 0. The number of nitrogens with zero attached hydrogens (tertiary/aromatic N) is 1. The van der Waals surface area contributed by atoms with Gasteiger partial charge in [0.15, 0.2) is 9.84 Å². The summed E-state index contributed by atoms with van der Waals surface area (Å²) in [5, 5.41) is -0.230. The highest BCUT2D eigenvalue weighted by Crippen LogP contribution is 2.36. The van der Waals surface area contributed by atoms with E-state index in [4.69, 9.17) is 0 Å². The van der Waals surface area contributed by atoms with Crippen molar-refractivity contribution in [1.82, 2.24) is 4.90 Å². The molecule has 2 atom stereocenters. The Morgan fingerprint density at radius 3 is 2.43 bits per heavy atom. The Kier molecular flexibility index (Phi) is 2.02. The molecule has 0 aromatic heterocycles. The molecule has 2 heterocycles. The van der Waals surface area contributed by atoms with Gasteiger partial charge in [0.1, 0.15) is 6.29 Å². The minimum atomic E-state index is -2.85. The van der Waals surface area contributed by atoms with Crippen LogP contribution in [0.4, 0.5) is 0 Å². The molecule has 0 aromatic rings. The van der Waals surface area contributed by atoms with E-state index in [1.807, 2.05) is 18.7 Å². The third-order valence-electron chi connectivity index (χ3n) is 3.34. The lowest BCUT2D eigenvalue weighted by molar-refractivity contribution is -0.117. The van der Waals surface area contributed by atoms with E-state index < -0.39 is 15.4 Å². The van der Waals surface area contributed by atoms with Crippen LogP contribution in [0.1, 0.15) is 20.3 Å². The Morgan fingerprint density at radius 2 is 2.07 bits per heavy atom. The van der Waals surface area contributed by atoms with Gasteiger partial charge in [-0.1, -0.05) is 0 Å². The van der Waals surface area contributed by atoms with Crippen LogP contribution in [-0.4, -0.2) is 48.7 Å². The van der Waals surface area contributed by atoms with Crippen molar-refractivity contribution in [2.75, 3.05) is 12.3 Å². The molecule has 0 spiro atoms. The molecule has 0 saturated carbocycles. The zero-order valence-electron chi connectivity index (χ0n) is 8.43. The van der Waals surface area contributed by atoms with E-state index >= 15 is 0 Å². The largest absolute Gasteiger partial charge is 0.301 e. The van der Waals surface area contributed by atoms with Gasteiger partial charge in [-0.3, -0.25) is 4.90 Å². The number of aldehydes is 1. The van der Waals surface area contributed by atoms with Crippen LogP contribution in [0.25, 0.3) is 0 Å². The number of hydrogen-bond donors (Lipinski definition) is 0. The molecule has 2 bridgehead atoms. The van der Waals surface area contributed by atoms with E-state index in [-0.39, 0.29) is 17.0 Å². The highest BCUT2D eigenvalue weighted by Gasteiger charge is 2.52. The van der Waals surface area contributed by atoms with Crippen LogP contribution in [0.3, 0.4) is 0 Å². The molecule has 80 valence electrons. The molecule has 2 fully saturated rings. The number of carbonyl (C=O) groups excluding carboxylic acids is 1. The number of sulfone groups is 1. The smallest absolute Gasteiger partial charge is 0.156 e. The molecule has 0 aromatic carbocycles. The fourth-order valence-corrected chi connectivity index (χ4v) is 4.50. The van der Waals surface area contributed by atoms with Crippen molar-refractivity contribution >= 4 is 16.1 Å². The molecule has 2 aliphatic heterocycles. The SMILES string of the molecule is CC(C)(C=O)N1CC2CC1CS2(=O)=O. The minimum Gasteiger partial charge on any atom is -0.301 e. The van der Waals surface area contributed by atoms with Crippen molar-refractivity contribution in [3.8, 4) is 0 Å². The highest BCUT2D eigenvalue weighted by molar-refractivity contribution is 7.92. The second-order valence-electron chi connectivity index (χ2n) is 4.76. The van der Waals surface area contributed by atoms with Crippen molar-refractivity contribution in [3.63, 3.8) is 0 Å². The first-order valence-corrected chi connectivity index (χ1v) is 6.53. The Labute approximate surface area is 84.2 Å². The van der Waals surface area contributed by atoms with Crippen LogP contribution in [0, 0.1) is 0 Å². The second-order valence-corrected chi connectivity index (χ2v) is 7.09. The first kappa shape index (κ1) is 10.1. The van der Waals surface area contributed by atoms with Gasteiger partial charge in [-0.05, 0) is 20.3 Å². The van der Waals surface area contributed by atoms with Gasteiger partial charge in [-0.25, -0.2) is 8.42 Å². The van der Waals surface area contributed by atoms with Crippen LogP contribution in [0.5, 0.6) is 0 Å². The first-order valence-electron chi connectivity index (χ1n) is 4.81. The number of carbonyl (C=O) groups is 1. The van der Waals surface area contributed by atoms with Gasteiger partial charge in [-0.2, -0.15) is 0 Å². The molecule has 2 saturated heterocycles. The quantitative estimate of drug-likeness (QED) is 0.603. The standard InChI is InChI=1S/C9H15NO3S/c1-9(2,6-11)10-4-8-3-7(10)5-14(8,12)13/h6-8H,3-5H2,1-2H3. The van der Waals surface area contributed by atoms with Crippen molar-refractivity contribution in [2.45, 2.75) is 37.1 Å². The zero-order chi connectivity index (χ0) is 10.6. The Hall–Kier alpha value is -0.420. The summed E-state index contributed by atoms with van der Waals surface area (Å²) in [6, 6.07) is 0.0604. The molecule has 0 N–H and O–H groups in total. The van der Waals surface area contributed by atoms with E-state index in [1.165, 1.54) is 0 Å². The fourth-order valence-electron chi connectivity index (χ4n) is 2.47. The van der Waals surface area contributed by atoms with Crippen molar-refractivity contribution in [2.24, 2.45) is 0 Å². The lowest BCUT2D eigenvalue weighted by atomic mass is 10.0. The number of likely N-dealkylation sites (tertiary alicyclic amines) is 1. The average Bonchev–Trinajstić information content (AvgIpc) is 2.59. The maximum absolute atomic E-state index is 11.5. The Morgan fingerprint density at radius 1 is 1.43 bits per heavy atom. The lowest BCUT2D eigenvalue weighted by Gasteiger charge is -2.37. The van der Waals surface area contributed by atoms with Crippen molar-refractivity contribution < 1.29 is 13.2 Å². The Bertz CT molecular complexity index is 360. The number of hydrogen-bond acceptors (Lipinski definition) is 4. The van der Waals surface area contributed by atoms with Gasteiger partial charge in [0, 0.05) is 12.6 Å². The Balaban J connectivity index is 2.22. The van der Waals surface area contributed by atoms with Crippen LogP contribution >= 0.6 is 0 Å². The van der Waals surface area contributed by atoms with Crippen LogP contribution in [-0.2, 0) is 14.6 Å². The van der Waals surface area contributed by atoms with E-state index in [2.05, 4.69) is 0 Å².